The molecular formula is C17H23N3O5S. The first-order chi connectivity index (χ1) is 12.0. The molecule has 0 unspecified atom stereocenters. The second-order valence-corrected chi connectivity index (χ2v) is 8.71. The van der Waals surface area contributed by atoms with Crippen molar-refractivity contribution in [2.45, 2.75) is 51.3 Å². The van der Waals surface area contributed by atoms with Gasteiger partial charge in [0.1, 0.15) is 11.9 Å². The van der Waals surface area contributed by atoms with Crippen LogP contribution in [0.25, 0.3) is 0 Å². The van der Waals surface area contributed by atoms with Crippen LogP contribution in [0.2, 0.25) is 0 Å². The molecule has 8 nitrogen and oxygen atoms in total. The van der Waals surface area contributed by atoms with E-state index < -0.39 is 20.8 Å². The van der Waals surface area contributed by atoms with Crippen molar-refractivity contribution in [1.29, 1.82) is 0 Å². The Balaban J connectivity index is 2.75. The van der Waals surface area contributed by atoms with Gasteiger partial charge in [0.25, 0.3) is 0 Å². The third kappa shape index (κ3) is 3.72. The van der Waals surface area contributed by atoms with Crippen LogP contribution in [-0.2, 0) is 15.4 Å². The topological polar surface area (TPSA) is 104 Å². The van der Waals surface area contributed by atoms with Crippen LogP contribution in [-0.4, -0.2) is 28.9 Å². The number of aryl methyl sites for hydroxylation is 1. The molecule has 0 N–H and O–H groups in total. The molecule has 142 valence electrons. The Morgan fingerprint density at radius 2 is 1.96 bits per heavy atom. The van der Waals surface area contributed by atoms with Crippen LogP contribution in [0.4, 0.5) is 5.82 Å². The first kappa shape index (κ1) is 19.9. The first-order valence-electron chi connectivity index (χ1n) is 8.21. The quantitative estimate of drug-likeness (QED) is 0.561. The van der Waals surface area contributed by atoms with Crippen molar-refractivity contribution in [3.05, 3.63) is 45.9 Å². The van der Waals surface area contributed by atoms with Crippen LogP contribution in [0.1, 0.15) is 45.5 Å². The molecule has 0 aliphatic carbocycles. The zero-order valence-electron chi connectivity index (χ0n) is 15.5. The summed E-state index contributed by atoms with van der Waals surface area (Å²) in [4.78, 5) is 14.2. The van der Waals surface area contributed by atoms with Gasteiger partial charge in [-0.05, 0) is 34.5 Å². The Labute approximate surface area is 153 Å². The normalized spacial score (nSPS) is 12.2. The van der Waals surface area contributed by atoms with Crippen molar-refractivity contribution < 1.29 is 18.1 Å². The average Bonchev–Trinajstić information content (AvgIpc) is 2.94. The van der Waals surface area contributed by atoms with E-state index in [-0.39, 0.29) is 21.9 Å². The van der Waals surface area contributed by atoms with Crippen LogP contribution < -0.4 is 4.74 Å². The summed E-state index contributed by atoms with van der Waals surface area (Å²) in [5.41, 5.74) is 0.476. The van der Waals surface area contributed by atoms with Crippen molar-refractivity contribution >= 4 is 15.8 Å². The molecular weight excluding hydrogens is 358 g/mol. The van der Waals surface area contributed by atoms with Crippen molar-refractivity contribution in [1.82, 2.24) is 8.96 Å². The number of nitrogens with zero attached hydrogens (tertiary/aromatic N) is 3. The Morgan fingerprint density at radius 1 is 1.31 bits per heavy atom. The highest BCUT2D eigenvalue weighted by atomic mass is 32.2. The molecule has 1 heterocycles. The summed E-state index contributed by atoms with van der Waals surface area (Å²) < 4.78 is 32.7. The summed E-state index contributed by atoms with van der Waals surface area (Å²) in [7, 11) is -4.26. The third-order valence-electron chi connectivity index (χ3n) is 3.85. The third-order valence-corrected chi connectivity index (χ3v) is 5.65. The predicted molar refractivity (Wildman–Crippen MR) is 97.1 cm³/mol. The maximum absolute atomic E-state index is 13.2. The van der Waals surface area contributed by atoms with E-state index in [1.165, 1.54) is 13.0 Å². The van der Waals surface area contributed by atoms with E-state index in [0.717, 1.165) is 11.8 Å². The summed E-state index contributed by atoms with van der Waals surface area (Å²) in [6, 6.07) is 4.92. The zero-order chi connectivity index (χ0) is 19.7. The van der Waals surface area contributed by atoms with Gasteiger partial charge in [-0.15, -0.1) is 0 Å². The van der Waals surface area contributed by atoms with Crippen LogP contribution in [0, 0.1) is 17.0 Å². The van der Waals surface area contributed by atoms with E-state index in [0.29, 0.717) is 17.0 Å². The van der Waals surface area contributed by atoms with Gasteiger partial charge in [0.2, 0.25) is 5.82 Å². The molecule has 0 aliphatic rings. The molecule has 9 heteroatoms. The van der Waals surface area contributed by atoms with E-state index in [1.807, 2.05) is 27.7 Å². The van der Waals surface area contributed by atoms with Gasteiger partial charge in [-0.1, -0.05) is 37.7 Å². The molecule has 0 amide bonds. The fourth-order valence-electron chi connectivity index (χ4n) is 2.45. The molecule has 2 aromatic rings. The maximum Gasteiger partial charge on any atom is 0.358 e. The molecule has 0 atom stereocenters. The molecule has 0 saturated heterocycles. The Bertz CT molecular complexity index is 926. The van der Waals surface area contributed by atoms with Crippen LogP contribution in [0.3, 0.4) is 0 Å². The van der Waals surface area contributed by atoms with E-state index >= 15 is 0 Å². The van der Waals surface area contributed by atoms with Gasteiger partial charge in [-0.25, -0.2) is 4.98 Å². The van der Waals surface area contributed by atoms with Gasteiger partial charge in [0, 0.05) is 6.92 Å². The van der Waals surface area contributed by atoms with E-state index in [4.69, 9.17) is 4.74 Å². The first-order valence-corrected chi connectivity index (χ1v) is 9.65. The fraction of sp³-hybridized carbons (Fsp3) is 0.471. The van der Waals surface area contributed by atoms with Crippen LogP contribution >= 0.6 is 0 Å². The number of hydrogen-bond donors (Lipinski definition) is 0. The SMILES string of the molecule is CCCOc1ccc(C(C)(C)C)cc1S(=O)(=O)n1c([N+](=O)[O-])cnc1C. The lowest BCUT2D eigenvalue weighted by molar-refractivity contribution is -0.390. The Kier molecular flexibility index (Phi) is 5.41. The van der Waals surface area contributed by atoms with Gasteiger partial charge in [-0.3, -0.25) is 0 Å². The molecule has 0 bridgehead atoms. The lowest BCUT2D eigenvalue weighted by atomic mass is 9.87. The molecule has 0 saturated carbocycles. The van der Waals surface area contributed by atoms with Gasteiger partial charge in [0.15, 0.2) is 4.90 Å². The summed E-state index contributed by atoms with van der Waals surface area (Å²) in [5, 5.41) is 11.2. The molecule has 0 aliphatic heterocycles. The predicted octanol–water partition coefficient (Wildman–Crippen LogP) is 3.42. The number of aromatic nitrogens is 2. The number of ether oxygens (including phenoxy) is 1. The monoisotopic (exact) mass is 381 g/mol. The van der Waals surface area contributed by atoms with Crippen molar-refractivity contribution in [3.8, 4) is 5.75 Å². The van der Waals surface area contributed by atoms with Crippen LogP contribution in [0.15, 0.2) is 29.3 Å². The minimum absolute atomic E-state index is 0.0132. The Hall–Kier alpha value is -2.42. The number of benzene rings is 1. The van der Waals surface area contributed by atoms with Crippen molar-refractivity contribution in [3.63, 3.8) is 0 Å². The summed E-state index contributed by atoms with van der Waals surface area (Å²) in [6.45, 7) is 9.51. The van der Waals surface area contributed by atoms with E-state index in [9.17, 15) is 18.5 Å². The van der Waals surface area contributed by atoms with Crippen molar-refractivity contribution in [2.24, 2.45) is 0 Å². The molecule has 26 heavy (non-hydrogen) atoms. The van der Waals surface area contributed by atoms with Gasteiger partial charge < -0.3 is 14.9 Å². The maximum atomic E-state index is 13.2. The summed E-state index contributed by atoms with van der Waals surface area (Å²) >= 11 is 0. The lowest BCUT2D eigenvalue weighted by Gasteiger charge is -2.21. The smallest absolute Gasteiger partial charge is 0.358 e. The van der Waals surface area contributed by atoms with E-state index in [2.05, 4.69) is 4.98 Å². The summed E-state index contributed by atoms with van der Waals surface area (Å²) in [6.07, 6.45) is 1.64. The highest BCUT2D eigenvalue weighted by Gasteiger charge is 2.35. The second-order valence-electron chi connectivity index (χ2n) is 6.95. The van der Waals surface area contributed by atoms with Gasteiger partial charge in [0.05, 0.1) is 6.61 Å². The average molecular weight is 381 g/mol. The minimum Gasteiger partial charge on any atom is -0.492 e. The van der Waals surface area contributed by atoms with Crippen LogP contribution in [0.5, 0.6) is 5.75 Å². The molecule has 0 spiro atoms. The number of hydrogen-bond acceptors (Lipinski definition) is 6. The number of rotatable bonds is 6. The Morgan fingerprint density at radius 3 is 2.50 bits per heavy atom. The molecule has 0 radical (unpaired) electrons. The van der Waals surface area contributed by atoms with Gasteiger partial charge >= 0.3 is 15.8 Å². The van der Waals surface area contributed by atoms with Crippen molar-refractivity contribution in [2.75, 3.05) is 6.61 Å². The zero-order valence-corrected chi connectivity index (χ0v) is 16.3. The molecule has 1 aromatic heterocycles. The number of nitro groups is 1. The van der Waals surface area contributed by atoms with E-state index in [1.54, 1.807) is 12.1 Å². The lowest BCUT2D eigenvalue weighted by Crippen LogP contribution is -2.19. The van der Waals surface area contributed by atoms with Gasteiger partial charge in [-0.2, -0.15) is 8.42 Å². The highest BCUT2D eigenvalue weighted by molar-refractivity contribution is 7.90. The summed E-state index contributed by atoms with van der Waals surface area (Å²) in [5.74, 6) is -0.424. The minimum atomic E-state index is -4.26. The fourth-order valence-corrected chi connectivity index (χ4v) is 4.05. The second kappa shape index (κ2) is 7.06. The number of imidazole rings is 1. The molecule has 0 fully saturated rings. The largest absolute Gasteiger partial charge is 0.492 e. The highest BCUT2D eigenvalue weighted by Crippen LogP contribution is 2.34. The molecule has 1 aromatic carbocycles. The molecule has 2 rings (SSSR count). The standard InChI is InChI=1S/C17H23N3O5S/c1-6-9-25-14-8-7-13(17(3,4)5)10-15(14)26(23,24)19-12(2)18-11-16(19)20(21)22/h7-8,10-11H,6,9H2,1-5H3.